The van der Waals surface area contributed by atoms with Crippen molar-refractivity contribution in [3.8, 4) is 0 Å². The Bertz CT molecular complexity index is 183. The molecule has 9 heavy (non-hydrogen) atoms. The Morgan fingerprint density at radius 1 is 1.78 bits per heavy atom. The van der Waals surface area contributed by atoms with Crippen molar-refractivity contribution in [2.75, 3.05) is 12.4 Å². The van der Waals surface area contributed by atoms with Crippen LogP contribution in [-0.2, 0) is 14.1 Å². The molecular weight excluding hydrogens is 116 g/mol. The van der Waals surface area contributed by atoms with E-state index in [0.717, 1.165) is 5.95 Å². The molecule has 4 heteroatoms. The molecule has 0 bridgehead atoms. The van der Waals surface area contributed by atoms with Crippen molar-refractivity contribution in [3.63, 3.8) is 0 Å². The van der Waals surface area contributed by atoms with Gasteiger partial charge in [-0.2, -0.15) is 0 Å². The quantitative estimate of drug-likeness (QED) is 0.505. The van der Waals surface area contributed by atoms with Gasteiger partial charge in [-0.05, 0) is 5.10 Å². The molecule has 0 aliphatic carbocycles. The lowest BCUT2D eigenvalue weighted by Gasteiger charge is -1.91. The van der Waals surface area contributed by atoms with E-state index in [1.54, 1.807) is 11.0 Å². The molecule has 1 aromatic rings. The van der Waals surface area contributed by atoms with E-state index in [-0.39, 0.29) is 0 Å². The summed E-state index contributed by atoms with van der Waals surface area (Å²) in [7, 11) is 5.71. The van der Waals surface area contributed by atoms with E-state index in [1.807, 2.05) is 25.7 Å². The van der Waals surface area contributed by atoms with E-state index in [4.69, 9.17) is 0 Å². The van der Waals surface area contributed by atoms with E-state index >= 15 is 0 Å². The van der Waals surface area contributed by atoms with Crippen LogP contribution < -0.4 is 9.88 Å². The number of nitrogens with zero attached hydrogens (tertiary/aromatic N) is 3. The SMILES string of the molecule is CNc1n(C)nc[n+]1C. The lowest BCUT2D eigenvalue weighted by Crippen LogP contribution is -2.29. The third kappa shape index (κ3) is 0.872. The Labute approximate surface area is 54.1 Å². The van der Waals surface area contributed by atoms with Crippen LogP contribution in [0.5, 0.6) is 0 Å². The van der Waals surface area contributed by atoms with E-state index in [1.165, 1.54) is 0 Å². The predicted octanol–water partition coefficient (Wildman–Crippen LogP) is -0.714. The first-order valence-electron chi connectivity index (χ1n) is 2.81. The van der Waals surface area contributed by atoms with Crippen molar-refractivity contribution in [1.29, 1.82) is 0 Å². The minimum atomic E-state index is 0.995. The first kappa shape index (κ1) is 6.07. The molecule has 50 valence electrons. The minimum absolute atomic E-state index is 0.995. The number of anilines is 1. The maximum atomic E-state index is 4.00. The first-order valence-corrected chi connectivity index (χ1v) is 2.81. The summed E-state index contributed by atoms with van der Waals surface area (Å²) in [5.41, 5.74) is 0. The van der Waals surface area contributed by atoms with Crippen molar-refractivity contribution in [1.82, 2.24) is 9.78 Å². The molecule has 0 unspecified atom stereocenters. The van der Waals surface area contributed by atoms with Gasteiger partial charge in [0, 0.05) is 7.05 Å². The van der Waals surface area contributed by atoms with Gasteiger partial charge < -0.3 is 0 Å². The molecule has 1 rings (SSSR count). The summed E-state index contributed by atoms with van der Waals surface area (Å²) in [5, 5.41) is 7.01. The Morgan fingerprint density at radius 2 is 2.44 bits per heavy atom. The van der Waals surface area contributed by atoms with Crippen molar-refractivity contribution in [2.24, 2.45) is 14.1 Å². The summed E-state index contributed by atoms with van der Waals surface area (Å²) in [6.45, 7) is 0. The molecule has 0 aliphatic heterocycles. The molecule has 0 radical (unpaired) electrons. The van der Waals surface area contributed by atoms with Crippen LogP contribution in [0.15, 0.2) is 6.33 Å². The zero-order chi connectivity index (χ0) is 6.85. The summed E-state index contributed by atoms with van der Waals surface area (Å²) in [5.74, 6) is 0.995. The zero-order valence-electron chi connectivity index (χ0n) is 5.92. The highest BCUT2D eigenvalue weighted by Gasteiger charge is 2.06. The van der Waals surface area contributed by atoms with Gasteiger partial charge in [0.15, 0.2) is 0 Å². The van der Waals surface area contributed by atoms with Crippen LogP contribution in [0.1, 0.15) is 0 Å². The molecule has 1 N–H and O–H groups in total. The topological polar surface area (TPSA) is 33.7 Å². The van der Waals surface area contributed by atoms with Gasteiger partial charge in [0.1, 0.15) is 0 Å². The third-order valence-electron chi connectivity index (χ3n) is 1.26. The summed E-state index contributed by atoms with van der Waals surface area (Å²) in [6.07, 6.45) is 1.76. The van der Waals surface area contributed by atoms with Gasteiger partial charge in [-0.25, -0.2) is 4.57 Å². The summed E-state index contributed by atoms with van der Waals surface area (Å²) >= 11 is 0. The Morgan fingerprint density at radius 3 is 2.67 bits per heavy atom. The second-order valence-electron chi connectivity index (χ2n) is 1.94. The highest BCUT2D eigenvalue weighted by molar-refractivity contribution is 5.12. The number of hydrogen-bond acceptors (Lipinski definition) is 2. The zero-order valence-corrected chi connectivity index (χ0v) is 5.92. The number of aromatic nitrogens is 3. The highest BCUT2D eigenvalue weighted by Crippen LogP contribution is 1.89. The summed E-state index contributed by atoms with van der Waals surface area (Å²) in [6, 6.07) is 0. The molecule has 1 heterocycles. The lowest BCUT2D eigenvalue weighted by molar-refractivity contribution is -0.657. The van der Waals surface area contributed by atoms with Crippen LogP contribution in [-0.4, -0.2) is 16.8 Å². The van der Waals surface area contributed by atoms with Crippen LogP contribution in [0.2, 0.25) is 0 Å². The van der Waals surface area contributed by atoms with Crippen molar-refractivity contribution in [2.45, 2.75) is 0 Å². The normalized spacial score (nSPS) is 9.67. The largest absolute Gasteiger partial charge is 0.343 e. The van der Waals surface area contributed by atoms with Gasteiger partial charge in [-0.15, -0.1) is 4.68 Å². The van der Waals surface area contributed by atoms with E-state index < -0.39 is 0 Å². The van der Waals surface area contributed by atoms with Crippen molar-refractivity contribution >= 4 is 5.95 Å². The predicted molar refractivity (Wildman–Crippen MR) is 33.9 cm³/mol. The smallest absolute Gasteiger partial charge is 0.297 e. The average Bonchev–Trinajstić information content (AvgIpc) is 2.12. The van der Waals surface area contributed by atoms with E-state index in [9.17, 15) is 0 Å². The van der Waals surface area contributed by atoms with Gasteiger partial charge in [-0.1, -0.05) is 0 Å². The van der Waals surface area contributed by atoms with Gasteiger partial charge in [-0.3, -0.25) is 5.32 Å². The van der Waals surface area contributed by atoms with Gasteiger partial charge in [0.05, 0.1) is 14.1 Å². The molecule has 0 saturated carbocycles. The van der Waals surface area contributed by atoms with Gasteiger partial charge in [0.2, 0.25) is 6.33 Å². The fourth-order valence-electron chi connectivity index (χ4n) is 0.831. The molecule has 0 amide bonds. The summed E-state index contributed by atoms with van der Waals surface area (Å²) < 4.78 is 3.69. The first-order chi connectivity index (χ1) is 4.25. The Balaban J connectivity index is 3.07. The van der Waals surface area contributed by atoms with Crippen molar-refractivity contribution < 1.29 is 4.57 Å². The number of nitrogens with one attached hydrogen (secondary N) is 1. The van der Waals surface area contributed by atoms with E-state index in [2.05, 4.69) is 10.4 Å². The Hall–Kier alpha value is -1.06. The van der Waals surface area contributed by atoms with Crippen LogP contribution in [0.25, 0.3) is 0 Å². The molecular formula is C5H11N4+. The molecule has 0 aliphatic rings. The third-order valence-corrected chi connectivity index (χ3v) is 1.26. The van der Waals surface area contributed by atoms with Crippen LogP contribution in [0, 0.1) is 0 Å². The second-order valence-corrected chi connectivity index (χ2v) is 1.94. The molecule has 0 atom stereocenters. The molecule has 0 spiro atoms. The van der Waals surface area contributed by atoms with E-state index in [0.29, 0.717) is 0 Å². The average molecular weight is 127 g/mol. The highest BCUT2D eigenvalue weighted by atomic mass is 15.4. The van der Waals surface area contributed by atoms with Crippen LogP contribution in [0.4, 0.5) is 5.95 Å². The van der Waals surface area contributed by atoms with Crippen LogP contribution >= 0.6 is 0 Å². The summed E-state index contributed by atoms with van der Waals surface area (Å²) in [4.78, 5) is 0. The van der Waals surface area contributed by atoms with Crippen LogP contribution in [0.3, 0.4) is 0 Å². The van der Waals surface area contributed by atoms with Gasteiger partial charge >= 0.3 is 5.95 Å². The Kier molecular flexibility index (Phi) is 1.38. The molecule has 0 saturated heterocycles. The fraction of sp³-hybridized carbons (Fsp3) is 0.600. The lowest BCUT2D eigenvalue weighted by atomic mass is 10.9. The molecule has 4 nitrogen and oxygen atoms in total. The minimum Gasteiger partial charge on any atom is -0.297 e. The second kappa shape index (κ2) is 2.05. The molecule has 1 aromatic heterocycles. The maximum absolute atomic E-state index is 4.00. The molecule has 0 fully saturated rings. The maximum Gasteiger partial charge on any atom is 0.343 e. The number of hydrogen-bond donors (Lipinski definition) is 1. The van der Waals surface area contributed by atoms with Gasteiger partial charge in [0.25, 0.3) is 0 Å². The standard InChI is InChI=1S/C5H10N4/c1-6-5-8(2)4-7-9(5)3/h4H,1-3H3/p+1. The van der Waals surface area contributed by atoms with Crippen molar-refractivity contribution in [3.05, 3.63) is 6.33 Å². The molecule has 0 aromatic carbocycles. The fourth-order valence-corrected chi connectivity index (χ4v) is 0.831. The monoisotopic (exact) mass is 127 g/mol. The number of rotatable bonds is 1. The number of aryl methyl sites for hydroxylation is 2.